The van der Waals surface area contributed by atoms with Crippen molar-refractivity contribution in [3.05, 3.63) is 35.4 Å². The highest BCUT2D eigenvalue weighted by atomic mass is 14.4. The van der Waals surface area contributed by atoms with E-state index in [1.807, 2.05) is 6.07 Å². The SMILES string of the molecule is C#CC(=N)c1cccc(C#N)c1. The molecule has 0 aliphatic carbocycles. The lowest BCUT2D eigenvalue weighted by Gasteiger charge is -1.95. The molecule has 0 saturated heterocycles. The zero-order chi connectivity index (χ0) is 8.97. The molecule has 2 heteroatoms. The molecule has 0 fully saturated rings. The molecule has 0 unspecified atom stereocenters. The number of benzene rings is 1. The lowest BCUT2D eigenvalue weighted by Crippen LogP contribution is -1.94. The standard InChI is InChI=1S/C10H6N2/c1-2-10(12)9-5-3-4-8(6-9)7-11/h1,3-6,12H. The maximum atomic E-state index is 8.54. The minimum atomic E-state index is 0.104. The zero-order valence-electron chi connectivity index (χ0n) is 6.33. The summed E-state index contributed by atoms with van der Waals surface area (Å²) in [6.07, 6.45) is 5.04. The molecule has 0 saturated carbocycles. The van der Waals surface area contributed by atoms with Crippen molar-refractivity contribution in [2.24, 2.45) is 0 Å². The zero-order valence-corrected chi connectivity index (χ0v) is 6.33. The molecule has 1 N–H and O–H groups in total. The van der Waals surface area contributed by atoms with Gasteiger partial charge in [0.1, 0.15) is 5.71 Å². The summed E-state index contributed by atoms with van der Waals surface area (Å²) in [5.41, 5.74) is 1.23. The Bertz CT molecular complexity index is 391. The van der Waals surface area contributed by atoms with Gasteiger partial charge < -0.3 is 0 Å². The van der Waals surface area contributed by atoms with Crippen LogP contribution in [0.4, 0.5) is 0 Å². The highest BCUT2D eigenvalue weighted by molar-refractivity contribution is 6.10. The molecule has 0 atom stereocenters. The van der Waals surface area contributed by atoms with Crippen molar-refractivity contribution < 1.29 is 0 Å². The summed E-state index contributed by atoms with van der Waals surface area (Å²) in [4.78, 5) is 0. The maximum absolute atomic E-state index is 8.54. The number of nitrogens with one attached hydrogen (secondary N) is 1. The van der Waals surface area contributed by atoms with Gasteiger partial charge in [-0.3, -0.25) is 5.41 Å². The number of nitriles is 1. The van der Waals surface area contributed by atoms with Crippen molar-refractivity contribution >= 4 is 5.71 Å². The van der Waals surface area contributed by atoms with Crippen molar-refractivity contribution in [1.82, 2.24) is 0 Å². The molecule has 0 spiro atoms. The number of hydrogen-bond acceptors (Lipinski definition) is 2. The topological polar surface area (TPSA) is 47.6 Å². The predicted molar refractivity (Wildman–Crippen MR) is 46.8 cm³/mol. The van der Waals surface area contributed by atoms with E-state index in [0.29, 0.717) is 11.1 Å². The lowest BCUT2D eigenvalue weighted by molar-refractivity contribution is 1.46. The van der Waals surface area contributed by atoms with Gasteiger partial charge in [-0.2, -0.15) is 5.26 Å². The van der Waals surface area contributed by atoms with E-state index < -0.39 is 0 Å². The highest BCUT2D eigenvalue weighted by Crippen LogP contribution is 2.03. The fraction of sp³-hybridized carbons (Fsp3) is 0. The Balaban J connectivity index is 3.14. The van der Waals surface area contributed by atoms with E-state index in [2.05, 4.69) is 5.92 Å². The van der Waals surface area contributed by atoms with Crippen LogP contribution >= 0.6 is 0 Å². The van der Waals surface area contributed by atoms with Crippen LogP contribution in [-0.2, 0) is 0 Å². The summed E-state index contributed by atoms with van der Waals surface area (Å²) < 4.78 is 0. The van der Waals surface area contributed by atoms with Gasteiger partial charge in [-0.25, -0.2) is 0 Å². The Morgan fingerprint density at radius 1 is 1.50 bits per heavy atom. The van der Waals surface area contributed by atoms with Gasteiger partial charge in [-0.15, -0.1) is 6.42 Å². The molecule has 0 radical (unpaired) electrons. The van der Waals surface area contributed by atoms with Crippen LogP contribution in [-0.4, -0.2) is 5.71 Å². The second-order valence-corrected chi connectivity index (χ2v) is 2.21. The molecule has 0 aliphatic rings. The van der Waals surface area contributed by atoms with Gasteiger partial charge in [0.2, 0.25) is 0 Å². The van der Waals surface area contributed by atoms with E-state index >= 15 is 0 Å². The van der Waals surface area contributed by atoms with Crippen molar-refractivity contribution in [2.45, 2.75) is 0 Å². The monoisotopic (exact) mass is 154 g/mol. The molecule has 0 amide bonds. The minimum absolute atomic E-state index is 0.104. The van der Waals surface area contributed by atoms with Crippen LogP contribution < -0.4 is 0 Å². The first-order valence-corrected chi connectivity index (χ1v) is 3.33. The molecule has 12 heavy (non-hydrogen) atoms. The number of rotatable bonds is 1. The molecule has 1 rings (SSSR count). The van der Waals surface area contributed by atoms with E-state index in [9.17, 15) is 0 Å². The minimum Gasteiger partial charge on any atom is -0.291 e. The van der Waals surface area contributed by atoms with E-state index in [1.165, 1.54) is 0 Å². The van der Waals surface area contributed by atoms with Gasteiger partial charge in [0, 0.05) is 5.56 Å². The summed E-state index contributed by atoms with van der Waals surface area (Å²) in [5, 5.41) is 15.8. The average molecular weight is 154 g/mol. The van der Waals surface area contributed by atoms with Crippen molar-refractivity contribution in [3.63, 3.8) is 0 Å². The summed E-state index contributed by atoms with van der Waals surface area (Å²) in [6, 6.07) is 8.67. The number of hydrogen-bond donors (Lipinski definition) is 1. The smallest absolute Gasteiger partial charge is 0.111 e. The van der Waals surface area contributed by atoms with Gasteiger partial charge in [-0.05, 0) is 12.1 Å². The van der Waals surface area contributed by atoms with Crippen molar-refractivity contribution in [2.75, 3.05) is 0 Å². The first kappa shape index (κ1) is 8.04. The van der Waals surface area contributed by atoms with Crippen LogP contribution in [0.2, 0.25) is 0 Å². The summed E-state index contributed by atoms with van der Waals surface area (Å²) in [7, 11) is 0. The quantitative estimate of drug-likeness (QED) is 0.484. The molecule has 56 valence electrons. The summed E-state index contributed by atoms with van der Waals surface area (Å²) in [6.45, 7) is 0. The normalized spacial score (nSPS) is 8.17. The van der Waals surface area contributed by atoms with Crippen molar-refractivity contribution in [1.29, 1.82) is 10.7 Å². The number of terminal acetylenes is 1. The summed E-state index contributed by atoms with van der Waals surface area (Å²) in [5.74, 6) is 2.21. The Morgan fingerprint density at radius 3 is 2.83 bits per heavy atom. The van der Waals surface area contributed by atoms with Gasteiger partial charge in [0.05, 0.1) is 11.6 Å². The number of nitrogens with zero attached hydrogens (tertiary/aromatic N) is 1. The van der Waals surface area contributed by atoms with E-state index in [1.54, 1.807) is 24.3 Å². The van der Waals surface area contributed by atoms with Gasteiger partial charge >= 0.3 is 0 Å². The maximum Gasteiger partial charge on any atom is 0.111 e. The Hall–Kier alpha value is -2.06. The van der Waals surface area contributed by atoms with Crippen molar-refractivity contribution in [3.8, 4) is 18.4 Å². The Kier molecular flexibility index (Phi) is 2.26. The second-order valence-electron chi connectivity index (χ2n) is 2.21. The first-order chi connectivity index (χ1) is 5.77. The molecular weight excluding hydrogens is 148 g/mol. The van der Waals surface area contributed by atoms with Gasteiger partial charge in [0.25, 0.3) is 0 Å². The van der Waals surface area contributed by atoms with Crippen LogP contribution in [0.15, 0.2) is 24.3 Å². The average Bonchev–Trinajstić information content (AvgIpc) is 2.17. The molecule has 0 aliphatic heterocycles. The van der Waals surface area contributed by atoms with Crippen LogP contribution in [0.3, 0.4) is 0 Å². The van der Waals surface area contributed by atoms with Crippen LogP contribution in [0, 0.1) is 29.1 Å². The first-order valence-electron chi connectivity index (χ1n) is 3.33. The predicted octanol–water partition coefficient (Wildman–Crippen LogP) is 1.56. The molecule has 0 bridgehead atoms. The third-order valence-electron chi connectivity index (χ3n) is 1.42. The molecule has 0 aromatic heterocycles. The second kappa shape index (κ2) is 3.37. The molecule has 1 aromatic carbocycles. The third kappa shape index (κ3) is 1.51. The van der Waals surface area contributed by atoms with E-state index in [0.717, 1.165) is 0 Å². The third-order valence-corrected chi connectivity index (χ3v) is 1.42. The highest BCUT2D eigenvalue weighted by Gasteiger charge is 1.97. The van der Waals surface area contributed by atoms with Gasteiger partial charge in [0.15, 0.2) is 0 Å². The van der Waals surface area contributed by atoms with E-state index in [4.69, 9.17) is 17.1 Å². The largest absolute Gasteiger partial charge is 0.291 e. The molecule has 2 nitrogen and oxygen atoms in total. The fourth-order valence-corrected chi connectivity index (χ4v) is 0.828. The molecule has 0 heterocycles. The van der Waals surface area contributed by atoms with Crippen LogP contribution in [0.5, 0.6) is 0 Å². The lowest BCUT2D eigenvalue weighted by atomic mass is 10.1. The van der Waals surface area contributed by atoms with Gasteiger partial charge in [-0.1, -0.05) is 18.1 Å². The molecule has 1 aromatic rings. The molecular formula is C10H6N2. The fourth-order valence-electron chi connectivity index (χ4n) is 0.828. The Labute approximate surface area is 71.0 Å². The Morgan fingerprint density at radius 2 is 2.25 bits per heavy atom. The van der Waals surface area contributed by atoms with Crippen LogP contribution in [0.25, 0.3) is 0 Å². The van der Waals surface area contributed by atoms with E-state index in [-0.39, 0.29) is 5.71 Å². The van der Waals surface area contributed by atoms with Crippen LogP contribution in [0.1, 0.15) is 11.1 Å². The summed E-state index contributed by atoms with van der Waals surface area (Å²) >= 11 is 0.